The molecular formula is C13H18N2. The Morgan fingerprint density at radius 1 is 1.33 bits per heavy atom. The molecule has 0 radical (unpaired) electrons. The summed E-state index contributed by atoms with van der Waals surface area (Å²) in [5.74, 6) is 0. The fourth-order valence-corrected chi connectivity index (χ4v) is 2.17. The van der Waals surface area contributed by atoms with Crippen LogP contribution in [0.3, 0.4) is 0 Å². The van der Waals surface area contributed by atoms with E-state index in [2.05, 4.69) is 43.7 Å². The van der Waals surface area contributed by atoms with Gasteiger partial charge in [-0.25, -0.2) is 0 Å². The summed E-state index contributed by atoms with van der Waals surface area (Å²) in [7, 11) is 2.10. The maximum Gasteiger partial charge on any atom is 0.0483 e. The molecule has 0 amide bonds. The lowest BCUT2D eigenvalue weighted by Crippen LogP contribution is -1.99. The van der Waals surface area contributed by atoms with E-state index in [0.717, 1.165) is 6.42 Å². The Bertz CT molecular complexity index is 495. The standard InChI is InChI=1S/C13H18N2/c1-4-10-5-6-13-11(7-10)12(8-14)9(2)15(13)3/h5-7H,4,8,14H2,1-3H3. The Kier molecular flexibility index (Phi) is 2.53. The van der Waals surface area contributed by atoms with Crippen LogP contribution in [0.4, 0.5) is 0 Å². The molecule has 0 unspecified atom stereocenters. The van der Waals surface area contributed by atoms with Crippen LogP contribution in [0.25, 0.3) is 10.9 Å². The van der Waals surface area contributed by atoms with E-state index in [4.69, 9.17) is 5.73 Å². The van der Waals surface area contributed by atoms with Gasteiger partial charge >= 0.3 is 0 Å². The molecule has 2 heteroatoms. The second-order valence-corrected chi connectivity index (χ2v) is 4.03. The first kappa shape index (κ1) is 10.2. The van der Waals surface area contributed by atoms with Gasteiger partial charge in [0.2, 0.25) is 0 Å². The normalized spacial score (nSPS) is 11.2. The maximum atomic E-state index is 5.81. The topological polar surface area (TPSA) is 30.9 Å². The smallest absolute Gasteiger partial charge is 0.0483 e. The monoisotopic (exact) mass is 202 g/mol. The number of nitrogens with zero attached hydrogens (tertiary/aromatic N) is 1. The Labute approximate surface area is 90.7 Å². The van der Waals surface area contributed by atoms with Crippen LogP contribution in [0.15, 0.2) is 18.2 Å². The molecule has 0 aliphatic rings. The quantitative estimate of drug-likeness (QED) is 0.797. The zero-order chi connectivity index (χ0) is 11.0. The predicted octanol–water partition coefficient (Wildman–Crippen LogP) is 2.51. The third-order valence-corrected chi connectivity index (χ3v) is 3.30. The largest absolute Gasteiger partial charge is 0.348 e. The molecule has 1 heterocycles. The highest BCUT2D eigenvalue weighted by Gasteiger charge is 2.10. The van der Waals surface area contributed by atoms with Gasteiger partial charge in [-0.15, -0.1) is 0 Å². The van der Waals surface area contributed by atoms with Crippen LogP contribution in [-0.2, 0) is 20.0 Å². The van der Waals surface area contributed by atoms with Crippen molar-refractivity contribution in [1.29, 1.82) is 0 Å². The lowest BCUT2D eigenvalue weighted by Gasteiger charge is -1.99. The third-order valence-electron chi connectivity index (χ3n) is 3.30. The molecule has 1 aromatic heterocycles. The van der Waals surface area contributed by atoms with Crippen LogP contribution in [0, 0.1) is 6.92 Å². The highest BCUT2D eigenvalue weighted by Crippen LogP contribution is 2.25. The van der Waals surface area contributed by atoms with Crippen molar-refractivity contribution >= 4 is 10.9 Å². The average Bonchev–Trinajstić information content (AvgIpc) is 2.51. The van der Waals surface area contributed by atoms with E-state index in [1.54, 1.807) is 0 Å². The molecule has 0 fully saturated rings. The van der Waals surface area contributed by atoms with E-state index in [-0.39, 0.29) is 0 Å². The molecule has 0 aliphatic heterocycles. The van der Waals surface area contributed by atoms with Gasteiger partial charge in [0.15, 0.2) is 0 Å². The predicted molar refractivity (Wildman–Crippen MR) is 64.9 cm³/mol. The number of hydrogen-bond acceptors (Lipinski definition) is 1. The van der Waals surface area contributed by atoms with Gasteiger partial charge in [-0.05, 0) is 36.6 Å². The number of nitrogens with two attached hydrogens (primary N) is 1. The molecule has 0 aliphatic carbocycles. The maximum absolute atomic E-state index is 5.81. The van der Waals surface area contributed by atoms with E-state index >= 15 is 0 Å². The van der Waals surface area contributed by atoms with Gasteiger partial charge < -0.3 is 10.3 Å². The van der Waals surface area contributed by atoms with Crippen molar-refractivity contribution in [3.63, 3.8) is 0 Å². The van der Waals surface area contributed by atoms with E-state index in [9.17, 15) is 0 Å². The highest BCUT2D eigenvalue weighted by molar-refractivity contribution is 5.86. The van der Waals surface area contributed by atoms with Gasteiger partial charge in [0.05, 0.1) is 0 Å². The summed E-state index contributed by atoms with van der Waals surface area (Å²) < 4.78 is 2.22. The zero-order valence-corrected chi connectivity index (χ0v) is 9.67. The van der Waals surface area contributed by atoms with Crippen molar-refractivity contribution in [2.24, 2.45) is 12.8 Å². The van der Waals surface area contributed by atoms with Crippen LogP contribution in [0.5, 0.6) is 0 Å². The number of rotatable bonds is 2. The Morgan fingerprint density at radius 3 is 2.67 bits per heavy atom. The fraction of sp³-hybridized carbons (Fsp3) is 0.385. The third kappa shape index (κ3) is 1.45. The summed E-state index contributed by atoms with van der Waals surface area (Å²) in [6.45, 7) is 4.93. The highest BCUT2D eigenvalue weighted by atomic mass is 14.9. The van der Waals surface area contributed by atoms with Crippen molar-refractivity contribution in [2.45, 2.75) is 26.8 Å². The number of hydrogen-bond donors (Lipinski definition) is 1. The summed E-state index contributed by atoms with van der Waals surface area (Å²) in [4.78, 5) is 0. The second-order valence-electron chi connectivity index (χ2n) is 4.03. The second kappa shape index (κ2) is 3.70. The Balaban J connectivity index is 2.80. The molecule has 0 bridgehead atoms. The van der Waals surface area contributed by atoms with Crippen LogP contribution in [0.2, 0.25) is 0 Å². The summed E-state index contributed by atoms with van der Waals surface area (Å²) in [5.41, 5.74) is 11.0. The minimum atomic E-state index is 0.621. The van der Waals surface area contributed by atoms with Crippen molar-refractivity contribution in [3.05, 3.63) is 35.0 Å². The van der Waals surface area contributed by atoms with E-state index in [0.29, 0.717) is 6.54 Å². The molecule has 15 heavy (non-hydrogen) atoms. The van der Waals surface area contributed by atoms with Crippen molar-refractivity contribution in [3.8, 4) is 0 Å². The van der Waals surface area contributed by atoms with Gasteiger partial charge in [0.1, 0.15) is 0 Å². The molecule has 1 aromatic carbocycles. The first-order valence-electron chi connectivity index (χ1n) is 5.45. The molecule has 0 saturated carbocycles. The van der Waals surface area contributed by atoms with Crippen molar-refractivity contribution in [1.82, 2.24) is 4.57 Å². The first-order valence-corrected chi connectivity index (χ1v) is 5.45. The SMILES string of the molecule is CCc1ccc2c(c1)c(CN)c(C)n2C. The molecule has 0 saturated heterocycles. The molecule has 2 aromatic rings. The lowest BCUT2D eigenvalue weighted by molar-refractivity contribution is 0.894. The number of fused-ring (bicyclic) bond motifs is 1. The van der Waals surface area contributed by atoms with Crippen LogP contribution in [-0.4, -0.2) is 4.57 Å². The zero-order valence-electron chi connectivity index (χ0n) is 9.67. The molecule has 80 valence electrons. The Hall–Kier alpha value is -1.28. The minimum absolute atomic E-state index is 0.621. The van der Waals surface area contributed by atoms with Gasteiger partial charge in [-0.2, -0.15) is 0 Å². The molecule has 2 N–H and O–H groups in total. The minimum Gasteiger partial charge on any atom is -0.348 e. The molecule has 0 atom stereocenters. The summed E-state index contributed by atoms with van der Waals surface area (Å²) in [6.07, 6.45) is 1.08. The van der Waals surface area contributed by atoms with Gasteiger partial charge in [0.25, 0.3) is 0 Å². The average molecular weight is 202 g/mol. The molecule has 2 rings (SSSR count). The summed E-state index contributed by atoms with van der Waals surface area (Å²) in [5, 5.41) is 1.32. The molecule has 2 nitrogen and oxygen atoms in total. The molecule has 0 spiro atoms. The van der Waals surface area contributed by atoms with Crippen LogP contribution < -0.4 is 5.73 Å². The summed E-state index contributed by atoms with van der Waals surface area (Å²) >= 11 is 0. The van der Waals surface area contributed by atoms with E-state index < -0.39 is 0 Å². The van der Waals surface area contributed by atoms with Crippen LogP contribution in [0.1, 0.15) is 23.7 Å². The van der Waals surface area contributed by atoms with Gasteiger partial charge in [-0.1, -0.05) is 13.0 Å². The first-order chi connectivity index (χ1) is 7.19. The van der Waals surface area contributed by atoms with Crippen molar-refractivity contribution < 1.29 is 0 Å². The van der Waals surface area contributed by atoms with Crippen molar-refractivity contribution in [2.75, 3.05) is 0 Å². The van der Waals surface area contributed by atoms with E-state index in [1.165, 1.54) is 27.7 Å². The number of aromatic nitrogens is 1. The molecular weight excluding hydrogens is 184 g/mol. The lowest BCUT2D eigenvalue weighted by atomic mass is 10.1. The number of aryl methyl sites for hydroxylation is 2. The van der Waals surface area contributed by atoms with Crippen LogP contribution >= 0.6 is 0 Å². The number of benzene rings is 1. The summed E-state index contributed by atoms with van der Waals surface area (Å²) in [6, 6.07) is 6.66. The Morgan fingerprint density at radius 2 is 2.07 bits per heavy atom. The van der Waals surface area contributed by atoms with Gasteiger partial charge in [-0.3, -0.25) is 0 Å². The van der Waals surface area contributed by atoms with E-state index in [1.807, 2.05) is 0 Å². The van der Waals surface area contributed by atoms with Gasteiger partial charge in [0, 0.05) is 30.2 Å². The fourth-order valence-electron chi connectivity index (χ4n) is 2.17.